The van der Waals surface area contributed by atoms with E-state index in [4.69, 9.17) is 15.6 Å². The number of benzene rings is 1. The van der Waals surface area contributed by atoms with Crippen LogP contribution in [-0.4, -0.2) is 45.3 Å². The summed E-state index contributed by atoms with van der Waals surface area (Å²) in [6.07, 6.45) is 3.71. The lowest BCUT2D eigenvalue weighted by molar-refractivity contribution is 0.206. The topological polar surface area (TPSA) is 98.3 Å². The third kappa shape index (κ3) is 3.66. The molecule has 0 aliphatic carbocycles. The third-order valence-corrected chi connectivity index (χ3v) is 6.51. The monoisotopic (exact) mass is 432 g/mol. The molecule has 3 aromatic rings. The van der Waals surface area contributed by atoms with E-state index in [9.17, 15) is 4.79 Å². The maximum atomic E-state index is 12.3. The third-order valence-electron chi connectivity index (χ3n) is 6.51. The molecule has 0 saturated carbocycles. The molecule has 3 N–H and O–H groups in total. The van der Waals surface area contributed by atoms with E-state index in [0.717, 1.165) is 49.3 Å². The van der Waals surface area contributed by atoms with Crippen molar-refractivity contribution in [2.75, 3.05) is 25.4 Å². The van der Waals surface area contributed by atoms with Gasteiger partial charge in [-0.1, -0.05) is 30.3 Å². The molecule has 0 bridgehead atoms. The Balaban J connectivity index is 1.36. The minimum absolute atomic E-state index is 0.0190. The minimum Gasteiger partial charge on any atom is -0.485 e. The van der Waals surface area contributed by atoms with Gasteiger partial charge in [-0.05, 0) is 37.5 Å². The van der Waals surface area contributed by atoms with Crippen molar-refractivity contribution in [1.82, 2.24) is 25.0 Å². The molecule has 2 aromatic heterocycles. The number of hydrogen-bond donors (Lipinski definition) is 2. The van der Waals surface area contributed by atoms with Crippen LogP contribution in [0.1, 0.15) is 31.0 Å². The van der Waals surface area contributed by atoms with Crippen molar-refractivity contribution in [3.63, 3.8) is 0 Å². The van der Waals surface area contributed by atoms with Gasteiger partial charge < -0.3 is 20.7 Å². The van der Waals surface area contributed by atoms with Gasteiger partial charge >= 0.3 is 6.03 Å². The Morgan fingerprint density at radius 3 is 2.84 bits per heavy atom. The highest BCUT2D eigenvalue weighted by Gasteiger charge is 2.46. The number of urea groups is 1. The first kappa shape index (κ1) is 20.4. The molecule has 1 spiro atoms. The molecule has 1 fully saturated rings. The lowest BCUT2D eigenvalue weighted by Crippen LogP contribution is -2.40. The van der Waals surface area contributed by atoms with Gasteiger partial charge in [-0.15, -0.1) is 0 Å². The van der Waals surface area contributed by atoms with Crippen molar-refractivity contribution >= 4 is 11.8 Å². The van der Waals surface area contributed by atoms with Gasteiger partial charge in [0, 0.05) is 49.0 Å². The summed E-state index contributed by atoms with van der Waals surface area (Å²) in [6, 6.07) is 14.0. The summed E-state index contributed by atoms with van der Waals surface area (Å²) in [6.45, 7) is 5.37. The van der Waals surface area contributed by atoms with Crippen LogP contribution in [0.5, 0.6) is 5.75 Å². The van der Waals surface area contributed by atoms with E-state index >= 15 is 0 Å². The first-order valence-electron chi connectivity index (χ1n) is 11.1. The van der Waals surface area contributed by atoms with E-state index in [1.54, 1.807) is 6.20 Å². The molecular weight excluding hydrogens is 404 g/mol. The number of carbonyl (C=O) groups is 1. The average Bonchev–Trinajstić information content (AvgIpc) is 3.51. The number of hydrogen-bond acceptors (Lipinski definition) is 5. The molecule has 32 heavy (non-hydrogen) atoms. The number of amides is 2. The fourth-order valence-corrected chi connectivity index (χ4v) is 4.77. The number of rotatable bonds is 5. The number of nitrogens with one attached hydrogen (secondary N) is 1. The highest BCUT2D eigenvalue weighted by atomic mass is 16.5. The summed E-state index contributed by atoms with van der Waals surface area (Å²) in [7, 11) is 0. The smallest absolute Gasteiger partial charge is 0.317 e. The number of nitrogens with two attached hydrogens (primary N) is 1. The SMILES string of the molecule is CCNC(=O)N1CC[C@@]2(CCn3nc(-c4cnc(N)c(OCc5ccccc5)c4)cc32)C1. The van der Waals surface area contributed by atoms with Crippen LogP contribution in [0.15, 0.2) is 48.7 Å². The zero-order chi connectivity index (χ0) is 22.1. The molecule has 0 radical (unpaired) electrons. The predicted molar refractivity (Wildman–Crippen MR) is 122 cm³/mol. The number of likely N-dealkylation sites (tertiary alicyclic amines) is 1. The summed E-state index contributed by atoms with van der Waals surface area (Å²) in [5, 5.41) is 7.75. The summed E-state index contributed by atoms with van der Waals surface area (Å²) < 4.78 is 8.03. The zero-order valence-electron chi connectivity index (χ0n) is 18.3. The van der Waals surface area contributed by atoms with Crippen LogP contribution in [0.3, 0.4) is 0 Å². The second kappa shape index (κ2) is 8.18. The standard InChI is InChI=1S/C24H28N6O2/c1-2-26-23(31)29-10-8-24(16-29)9-11-30-21(24)13-19(28-30)18-12-20(22(25)27-14-18)32-15-17-6-4-3-5-7-17/h3-7,12-14H,2,8-11,15-16H2,1H3,(H2,25,27)(H,26,31)/t24-/m1/s1. The van der Waals surface area contributed by atoms with Crippen LogP contribution in [0.25, 0.3) is 11.3 Å². The minimum atomic E-state index is -0.0236. The molecule has 2 aliphatic heterocycles. The number of ether oxygens (including phenoxy) is 1. The second-order valence-electron chi connectivity index (χ2n) is 8.56. The number of aryl methyl sites for hydroxylation is 1. The fourth-order valence-electron chi connectivity index (χ4n) is 4.77. The van der Waals surface area contributed by atoms with Crippen LogP contribution in [0.4, 0.5) is 10.6 Å². The molecular formula is C24H28N6O2. The summed E-state index contributed by atoms with van der Waals surface area (Å²) in [5.41, 5.74) is 10.0. The molecule has 8 nitrogen and oxygen atoms in total. The Morgan fingerprint density at radius 2 is 2.03 bits per heavy atom. The van der Waals surface area contributed by atoms with E-state index in [-0.39, 0.29) is 11.4 Å². The van der Waals surface area contributed by atoms with E-state index in [1.807, 2.05) is 48.2 Å². The highest BCUT2D eigenvalue weighted by molar-refractivity contribution is 5.75. The Bertz CT molecular complexity index is 1130. The predicted octanol–water partition coefficient (Wildman–Crippen LogP) is 3.18. The maximum absolute atomic E-state index is 12.3. The van der Waals surface area contributed by atoms with Gasteiger partial charge in [-0.3, -0.25) is 4.68 Å². The van der Waals surface area contributed by atoms with Crippen molar-refractivity contribution < 1.29 is 9.53 Å². The number of nitrogens with zero attached hydrogens (tertiary/aromatic N) is 4. The Hall–Kier alpha value is -3.55. The Morgan fingerprint density at radius 1 is 1.22 bits per heavy atom. The van der Waals surface area contributed by atoms with Crippen LogP contribution < -0.4 is 15.8 Å². The molecule has 0 unspecified atom stereocenters. The van der Waals surface area contributed by atoms with Crippen molar-refractivity contribution in [2.45, 2.75) is 38.3 Å². The normalized spacial score (nSPS) is 19.3. The number of anilines is 1. The average molecular weight is 433 g/mol. The van der Waals surface area contributed by atoms with Gasteiger partial charge in [-0.25, -0.2) is 9.78 Å². The first-order chi connectivity index (χ1) is 15.6. The molecule has 1 aromatic carbocycles. The van der Waals surface area contributed by atoms with Gasteiger partial charge in [0.2, 0.25) is 0 Å². The van der Waals surface area contributed by atoms with E-state index in [2.05, 4.69) is 21.0 Å². The molecule has 166 valence electrons. The van der Waals surface area contributed by atoms with Crippen molar-refractivity contribution in [3.8, 4) is 17.0 Å². The number of carbonyl (C=O) groups excluding carboxylic acids is 1. The molecule has 4 heterocycles. The zero-order valence-corrected chi connectivity index (χ0v) is 18.3. The lowest BCUT2D eigenvalue weighted by atomic mass is 9.82. The maximum Gasteiger partial charge on any atom is 0.317 e. The van der Waals surface area contributed by atoms with Crippen LogP contribution in [0.2, 0.25) is 0 Å². The largest absolute Gasteiger partial charge is 0.485 e. The van der Waals surface area contributed by atoms with E-state index < -0.39 is 0 Å². The molecule has 5 rings (SSSR count). The molecule has 1 atom stereocenters. The van der Waals surface area contributed by atoms with Crippen LogP contribution >= 0.6 is 0 Å². The number of pyridine rings is 1. The second-order valence-corrected chi connectivity index (χ2v) is 8.56. The molecule has 2 aliphatic rings. The van der Waals surface area contributed by atoms with Crippen molar-refractivity contribution in [1.29, 1.82) is 0 Å². The Kier molecular flexibility index (Phi) is 5.20. The number of fused-ring (bicyclic) bond motifs is 2. The molecule has 2 amide bonds. The number of nitrogen functional groups attached to an aromatic ring is 1. The highest BCUT2D eigenvalue weighted by Crippen LogP contribution is 2.44. The lowest BCUT2D eigenvalue weighted by Gasteiger charge is -2.23. The summed E-state index contributed by atoms with van der Waals surface area (Å²) >= 11 is 0. The van der Waals surface area contributed by atoms with E-state index in [0.29, 0.717) is 24.7 Å². The van der Waals surface area contributed by atoms with Crippen molar-refractivity contribution in [2.24, 2.45) is 0 Å². The summed E-state index contributed by atoms with van der Waals surface area (Å²) in [5.74, 6) is 0.916. The first-order valence-corrected chi connectivity index (χ1v) is 11.1. The fraction of sp³-hybridized carbons (Fsp3) is 0.375. The van der Waals surface area contributed by atoms with Crippen molar-refractivity contribution in [3.05, 3.63) is 59.9 Å². The quantitative estimate of drug-likeness (QED) is 0.645. The van der Waals surface area contributed by atoms with E-state index in [1.165, 1.54) is 5.69 Å². The summed E-state index contributed by atoms with van der Waals surface area (Å²) in [4.78, 5) is 18.6. The van der Waals surface area contributed by atoms with Gasteiger partial charge in [0.15, 0.2) is 11.6 Å². The Labute approximate surface area is 187 Å². The molecule has 8 heteroatoms. The van der Waals surface area contributed by atoms with Gasteiger partial charge in [0.05, 0.1) is 5.69 Å². The number of aromatic nitrogens is 3. The molecule has 1 saturated heterocycles. The van der Waals surface area contributed by atoms with Gasteiger partial charge in [0.1, 0.15) is 6.61 Å². The van der Waals surface area contributed by atoms with Crippen LogP contribution in [0, 0.1) is 0 Å². The van der Waals surface area contributed by atoms with Gasteiger partial charge in [-0.2, -0.15) is 5.10 Å². The van der Waals surface area contributed by atoms with Crippen LogP contribution in [-0.2, 0) is 18.6 Å². The van der Waals surface area contributed by atoms with Gasteiger partial charge in [0.25, 0.3) is 0 Å².